The topological polar surface area (TPSA) is 82.8 Å². The summed E-state index contributed by atoms with van der Waals surface area (Å²) in [6.45, 7) is 2.05. The molecule has 7 nitrogen and oxygen atoms in total. The van der Waals surface area contributed by atoms with Gasteiger partial charge >= 0.3 is 0 Å². The minimum absolute atomic E-state index is 0.245. The smallest absolute Gasteiger partial charge is 0.276 e. The molecule has 29 heavy (non-hydrogen) atoms. The normalized spacial score (nSPS) is 17.2. The van der Waals surface area contributed by atoms with Crippen LogP contribution in [-0.4, -0.2) is 49.5 Å². The van der Waals surface area contributed by atoms with Crippen molar-refractivity contribution in [2.24, 2.45) is 0 Å². The number of likely N-dealkylation sites (tertiary alicyclic amines) is 1. The minimum Gasteiger partial charge on any atom is -0.392 e. The first-order valence-electron chi connectivity index (χ1n) is 9.69. The molecule has 0 saturated carbocycles. The summed E-state index contributed by atoms with van der Waals surface area (Å²) in [5, 5.41) is 14.7. The number of aliphatic hydroxyl groups is 1. The molecule has 4 heterocycles. The second-order valence-corrected chi connectivity index (χ2v) is 7.37. The van der Waals surface area contributed by atoms with Gasteiger partial charge in [-0.2, -0.15) is 0 Å². The molecule has 1 unspecified atom stereocenters. The van der Waals surface area contributed by atoms with Crippen LogP contribution in [-0.2, 0) is 6.54 Å². The van der Waals surface area contributed by atoms with E-state index in [1.165, 1.54) is 0 Å². The molecule has 0 radical (unpaired) electrons. The molecular formula is C22H21N5O2. The highest BCUT2D eigenvalue weighted by atomic mass is 16.3. The summed E-state index contributed by atoms with van der Waals surface area (Å²) in [6, 6.07) is 13.4. The number of nitrogens with zero attached hydrogens (tertiary/aromatic N) is 4. The van der Waals surface area contributed by atoms with Crippen molar-refractivity contribution in [3.63, 3.8) is 0 Å². The van der Waals surface area contributed by atoms with Gasteiger partial charge in [-0.25, -0.2) is 4.98 Å². The summed E-state index contributed by atoms with van der Waals surface area (Å²) in [4.78, 5) is 24.1. The lowest BCUT2D eigenvalue weighted by Gasteiger charge is -2.13. The molecule has 1 aromatic carbocycles. The fraction of sp³-hybridized carbons (Fsp3) is 0.227. The van der Waals surface area contributed by atoms with Gasteiger partial charge in [-0.1, -0.05) is 18.2 Å². The van der Waals surface area contributed by atoms with Gasteiger partial charge in [0.2, 0.25) is 0 Å². The number of fused-ring (bicyclic) bond motifs is 2. The number of aliphatic hydroxyl groups excluding tert-OH is 1. The Morgan fingerprint density at radius 2 is 2.14 bits per heavy atom. The zero-order valence-corrected chi connectivity index (χ0v) is 15.8. The molecule has 1 saturated heterocycles. The van der Waals surface area contributed by atoms with Gasteiger partial charge < -0.3 is 14.8 Å². The van der Waals surface area contributed by atoms with Crippen molar-refractivity contribution in [1.29, 1.82) is 0 Å². The Bertz CT molecular complexity index is 1200. The average Bonchev–Trinajstić information content (AvgIpc) is 3.32. The van der Waals surface area contributed by atoms with E-state index < -0.39 is 0 Å². The molecule has 146 valence electrons. The van der Waals surface area contributed by atoms with Crippen molar-refractivity contribution in [2.75, 3.05) is 18.4 Å². The van der Waals surface area contributed by atoms with Crippen LogP contribution in [0.3, 0.4) is 0 Å². The number of hydrogen-bond donors (Lipinski definition) is 2. The van der Waals surface area contributed by atoms with E-state index in [1.54, 1.807) is 12.4 Å². The number of carbonyl (C=O) groups is 1. The molecule has 0 bridgehead atoms. The zero-order chi connectivity index (χ0) is 19.8. The van der Waals surface area contributed by atoms with Crippen LogP contribution in [0.4, 0.5) is 5.69 Å². The molecule has 1 aliphatic heterocycles. The van der Waals surface area contributed by atoms with Gasteiger partial charge in [0.05, 0.1) is 18.2 Å². The minimum atomic E-state index is -0.287. The molecule has 1 atom stereocenters. The number of hydrogen-bond acceptors (Lipinski definition) is 5. The highest BCUT2D eigenvalue weighted by molar-refractivity contribution is 6.11. The molecule has 1 fully saturated rings. The summed E-state index contributed by atoms with van der Waals surface area (Å²) in [6.07, 6.45) is 5.90. The number of amides is 1. The van der Waals surface area contributed by atoms with E-state index in [-0.39, 0.29) is 12.0 Å². The number of carbonyl (C=O) groups excluding carboxylic acids is 1. The SMILES string of the molecule is O=C(Nc1cccc2cnccc12)c1nc(CN2CCC(O)C2)n2ccccc12. The molecular weight excluding hydrogens is 366 g/mol. The van der Waals surface area contributed by atoms with E-state index in [2.05, 4.69) is 20.2 Å². The third-order valence-corrected chi connectivity index (χ3v) is 5.38. The Labute approximate surface area is 167 Å². The summed E-state index contributed by atoms with van der Waals surface area (Å²) in [5.74, 6) is 0.549. The standard InChI is InChI=1S/C22H21N5O2/c28-16-8-11-26(13-16)14-20-25-21(19-6-1-2-10-27(19)20)22(29)24-18-5-3-4-15-12-23-9-7-17(15)18/h1-7,9-10,12,16,28H,8,11,13-14H2,(H,24,29). The van der Waals surface area contributed by atoms with Crippen LogP contribution in [0.1, 0.15) is 22.7 Å². The molecule has 0 aliphatic carbocycles. The molecule has 2 N–H and O–H groups in total. The average molecular weight is 387 g/mol. The fourth-order valence-corrected chi connectivity index (χ4v) is 3.95. The van der Waals surface area contributed by atoms with E-state index in [4.69, 9.17) is 0 Å². The van der Waals surface area contributed by atoms with Gasteiger partial charge in [-0.05, 0) is 30.7 Å². The van der Waals surface area contributed by atoms with Gasteiger partial charge in [0.1, 0.15) is 5.82 Å². The monoisotopic (exact) mass is 387 g/mol. The second-order valence-electron chi connectivity index (χ2n) is 7.37. The Morgan fingerprint density at radius 3 is 3.00 bits per heavy atom. The van der Waals surface area contributed by atoms with Crippen molar-refractivity contribution in [3.05, 3.63) is 72.6 Å². The third kappa shape index (κ3) is 3.35. The highest BCUT2D eigenvalue weighted by Crippen LogP contribution is 2.24. The van der Waals surface area contributed by atoms with E-state index in [0.29, 0.717) is 18.8 Å². The van der Waals surface area contributed by atoms with Crippen LogP contribution in [0.5, 0.6) is 0 Å². The Hall–Kier alpha value is -3.29. The summed E-state index contributed by atoms with van der Waals surface area (Å²) < 4.78 is 1.95. The lowest BCUT2D eigenvalue weighted by atomic mass is 10.1. The van der Waals surface area contributed by atoms with Crippen LogP contribution in [0.15, 0.2) is 61.1 Å². The number of anilines is 1. The van der Waals surface area contributed by atoms with Crippen LogP contribution >= 0.6 is 0 Å². The molecule has 0 spiro atoms. The predicted molar refractivity (Wildman–Crippen MR) is 111 cm³/mol. The largest absolute Gasteiger partial charge is 0.392 e. The first kappa shape index (κ1) is 17.8. The van der Waals surface area contributed by atoms with Gasteiger partial charge in [0, 0.05) is 48.1 Å². The maximum absolute atomic E-state index is 13.1. The maximum atomic E-state index is 13.1. The van der Waals surface area contributed by atoms with E-state index in [0.717, 1.165) is 40.8 Å². The Balaban J connectivity index is 1.48. The van der Waals surface area contributed by atoms with E-state index in [9.17, 15) is 9.90 Å². The molecule has 1 amide bonds. The first-order chi connectivity index (χ1) is 14.2. The predicted octanol–water partition coefficient (Wildman–Crippen LogP) is 2.70. The van der Waals surface area contributed by atoms with Crippen LogP contribution in [0.25, 0.3) is 16.3 Å². The molecule has 7 heteroatoms. The van der Waals surface area contributed by atoms with Crippen molar-refractivity contribution < 1.29 is 9.90 Å². The highest BCUT2D eigenvalue weighted by Gasteiger charge is 2.24. The number of imidazole rings is 1. The van der Waals surface area contributed by atoms with E-state index in [1.807, 2.05) is 53.1 Å². The quantitative estimate of drug-likeness (QED) is 0.563. The molecule has 4 aromatic rings. The zero-order valence-electron chi connectivity index (χ0n) is 15.8. The third-order valence-electron chi connectivity index (χ3n) is 5.38. The summed E-state index contributed by atoms with van der Waals surface area (Å²) in [7, 11) is 0. The second kappa shape index (κ2) is 7.27. The van der Waals surface area contributed by atoms with Gasteiger partial charge in [-0.15, -0.1) is 0 Å². The number of rotatable bonds is 4. The number of β-amino-alcohol motifs (C(OH)–C–C–N with tert-alkyl or cyclic N) is 1. The maximum Gasteiger partial charge on any atom is 0.276 e. The first-order valence-corrected chi connectivity index (χ1v) is 9.69. The number of nitrogens with one attached hydrogen (secondary N) is 1. The summed E-state index contributed by atoms with van der Waals surface area (Å²) in [5.41, 5.74) is 1.89. The van der Waals surface area contributed by atoms with Crippen molar-refractivity contribution in [1.82, 2.24) is 19.3 Å². The number of aromatic nitrogens is 3. The Morgan fingerprint density at radius 1 is 1.21 bits per heavy atom. The van der Waals surface area contributed by atoms with Gasteiger partial charge in [-0.3, -0.25) is 14.7 Å². The summed E-state index contributed by atoms with van der Waals surface area (Å²) >= 11 is 0. The van der Waals surface area contributed by atoms with Crippen LogP contribution < -0.4 is 5.32 Å². The van der Waals surface area contributed by atoms with Crippen molar-refractivity contribution in [2.45, 2.75) is 19.1 Å². The van der Waals surface area contributed by atoms with Gasteiger partial charge in [0.25, 0.3) is 5.91 Å². The lowest BCUT2D eigenvalue weighted by Crippen LogP contribution is -2.22. The Kier molecular flexibility index (Phi) is 4.46. The number of pyridine rings is 2. The van der Waals surface area contributed by atoms with Crippen molar-refractivity contribution >= 4 is 27.9 Å². The van der Waals surface area contributed by atoms with Gasteiger partial charge in [0.15, 0.2) is 5.69 Å². The fourth-order valence-electron chi connectivity index (χ4n) is 3.95. The molecule has 3 aromatic heterocycles. The lowest BCUT2D eigenvalue weighted by molar-refractivity contribution is 0.102. The number of benzene rings is 1. The van der Waals surface area contributed by atoms with E-state index >= 15 is 0 Å². The van der Waals surface area contributed by atoms with Crippen molar-refractivity contribution in [3.8, 4) is 0 Å². The molecule has 5 rings (SSSR count). The molecule has 1 aliphatic rings. The van der Waals surface area contributed by atoms with Crippen LogP contribution in [0.2, 0.25) is 0 Å². The van der Waals surface area contributed by atoms with Crippen LogP contribution in [0, 0.1) is 0 Å².